The van der Waals surface area contributed by atoms with Gasteiger partial charge in [-0.25, -0.2) is 4.39 Å². The number of hydrogen-bond acceptors (Lipinski definition) is 4. The Hall–Kier alpha value is -3.42. The van der Waals surface area contributed by atoms with E-state index in [1.54, 1.807) is 33.4 Å². The van der Waals surface area contributed by atoms with E-state index in [0.717, 1.165) is 65.5 Å². The first-order valence-corrected chi connectivity index (χ1v) is 10.8. The van der Waals surface area contributed by atoms with Gasteiger partial charge in [0.15, 0.2) is 5.96 Å². The zero-order valence-electron chi connectivity index (χ0n) is 18.7. The zero-order valence-corrected chi connectivity index (χ0v) is 18.7. The highest BCUT2D eigenvalue weighted by atomic mass is 19.1. The van der Waals surface area contributed by atoms with Crippen molar-refractivity contribution in [3.8, 4) is 11.5 Å². The molecule has 8 heteroatoms. The molecular weight excluding hydrogens is 409 g/mol. The third-order valence-corrected chi connectivity index (χ3v) is 5.87. The molecule has 1 aliphatic rings. The summed E-state index contributed by atoms with van der Waals surface area (Å²) in [4.78, 5) is 9.88. The van der Waals surface area contributed by atoms with Crippen molar-refractivity contribution >= 4 is 22.5 Å². The molecule has 0 amide bonds. The van der Waals surface area contributed by atoms with Gasteiger partial charge in [0.1, 0.15) is 17.3 Å². The van der Waals surface area contributed by atoms with Gasteiger partial charge in [-0.1, -0.05) is 0 Å². The summed E-state index contributed by atoms with van der Waals surface area (Å²) in [5, 5.41) is 7.82. The van der Waals surface area contributed by atoms with Crippen molar-refractivity contribution in [3.05, 3.63) is 54.0 Å². The van der Waals surface area contributed by atoms with Gasteiger partial charge in [0.25, 0.3) is 0 Å². The van der Waals surface area contributed by atoms with E-state index in [2.05, 4.69) is 25.5 Å². The van der Waals surface area contributed by atoms with Crippen LogP contribution in [0.3, 0.4) is 0 Å². The SMILES string of the molecule is CN=C(NCCc1c[nH]c2ccc(F)cc12)NC1CCN(c2cc(OC)cc(OC)c2)C1. The highest BCUT2D eigenvalue weighted by Crippen LogP contribution is 2.30. The Kier molecular flexibility index (Phi) is 6.68. The summed E-state index contributed by atoms with van der Waals surface area (Å²) in [5.41, 5.74) is 3.12. The van der Waals surface area contributed by atoms with Crippen molar-refractivity contribution in [3.63, 3.8) is 0 Å². The predicted molar refractivity (Wildman–Crippen MR) is 127 cm³/mol. The molecule has 0 spiro atoms. The smallest absolute Gasteiger partial charge is 0.191 e. The monoisotopic (exact) mass is 439 g/mol. The Labute approximate surface area is 187 Å². The first-order valence-electron chi connectivity index (χ1n) is 10.8. The molecule has 0 saturated carbocycles. The summed E-state index contributed by atoms with van der Waals surface area (Å²) < 4.78 is 24.4. The number of anilines is 1. The molecule has 0 bridgehead atoms. The summed E-state index contributed by atoms with van der Waals surface area (Å²) in [6.07, 6.45) is 3.71. The Morgan fingerprint density at radius 3 is 2.69 bits per heavy atom. The van der Waals surface area contributed by atoms with E-state index in [1.165, 1.54) is 6.07 Å². The number of ether oxygens (including phenoxy) is 2. The van der Waals surface area contributed by atoms with Crippen LogP contribution in [-0.2, 0) is 6.42 Å². The topological polar surface area (TPSA) is 73.9 Å². The van der Waals surface area contributed by atoms with Crippen molar-refractivity contribution in [1.82, 2.24) is 15.6 Å². The van der Waals surface area contributed by atoms with Gasteiger partial charge >= 0.3 is 0 Å². The van der Waals surface area contributed by atoms with Crippen molar-refractivity contribution in [2.75, 3.05) is 45.8 Å². The van der Waals surface area contributed by atoms with Gasteiger partial charge in [-0.05, 0) is 36.6 Å². The summed E-state index contributed by atoms with van der Waals surface area (Å²) in [5.74, 6) is 2.12. The molecule has 0 aliphatic carbocycles. The number of nitrogens with one attached hydrogen (secondary N) is 3. The van der Waals surface area contributed by atoms with Crippen LogP contribution in [0.15, 0.2) is 47.6 Å². The van der Waals surface area contributed by atoms with Crippen LogP contribution in [0, 0.1) is 5.82 Å². The van der Waals surface area contributed by atoms with E-state index in [-0.39, 0.29) is 11.9 Å². The molecule has 1 aromatic heterocycles. The first-order chi connectivity index (χ1) is 15.6. The Bertz CT molecular complexity index is 1070. The quantitative estimate of drug-likeness (QED) is 0.389. The summed E-state index contributed by atoms with van der Waals surface area (Å²) in [6, 6.07) is 11.0. The van der Waals surface area contributed by atoms with Crippen LogP contribution in [0.1, 0.15) is 12.0 Å². The molecule has 0 radical (unpaired) electrons. The fourth-order valence-corrected chi connectivity index (χ4v) is 4.15. The number of methoxy groups -OCH3 is 2. The lowest BCUT2D eigenvalue weighted by molar-refractivity contribution is 0.394. The lowest BCUT2D eigenvalue weighted by Crippen LogP contribution is -2.45. The highest BCUT2D eigenvalue weighted by Gasteiger charge is 2.24. The molecule has 1 unspecified atom stereocenters. The number of aromatic amines is 1. The number of aromatic nitrogens is 1. The van der Waals surface area contributed by atoms with Crippen LogP contribution in [0.5, 0.6) is 11.5 Å². The molecule has 1 saturated heterocycles. The molecular formula is C24H30FN5O2. The van der Waals surface area contributed by atoms with Gasteiger partial charge in [0.2, 0.25) is 0 Å². The van der Waals surface area contributed by atoms with Crippen LogP contribution >= 0.6 is 0 Å². The third-order valence-electron chi connectivity index (χ3n) is 5.87. The second kappa shape index (κ2) is 9.80. The van der Waals surface area contributed by atoms with Crippen LogP contribution in [0.4, 0.5) is 10.1 Å². The number of aliphatic imine (C=N–C) groups is 1. The first kappa shape index (κ1) is 21.8. The van der Waals surface area contributed by atoms with Gasteiger partial charge < -0.3 is 30.0 Å². The van der Waals surface area contributed by atoms with Gasteiger partial charge in [0.05, 0.1) is 14.2 Å². The number of halogens is 1. The Morgan fingerprint density at radius 2 is 1.97 bits per heavy atom. The molecule has 2 heterocycles. The van der Waals surface area contributed by atoms with Crippen molar-refractivity contribution in [2.24, 2.45) is 4.99 Å². The number of benzene rings is 2. The third kappa shape index (κ3) is 4.90. The standard InChI is InChI=1S/C24H30FN5O2/c1-26-24(27-8-6-16-14-28-23-5-4-17(25)10-22(16)23)29-18-7-9-30(15-18)19-11-20(31-2)13-21(12-19)32-3/h4-5,10-14,18,28H,6-9,15H2,1-3H3,(H2,26,27,29). The van der Waals surface area contributed by atoms with Crippen LogP contribution in [0.25, 0.3) is 10.9 Å². The molecule has 1 fully saturated rings. The summed E-state index contributed by atoms with van der Waals surface area (Å²) in [7, 11) is 5.10. The molecule has 7 nitrogen and oxygen atoms in total. The minimum absolute atomic E-state index is 0.219. The predicted octanol–water partition coefficient (Wildman–Crippen LogP) is 3.31. The number of fused-ring (bicyclic) bond motifs is 1. The zero-order chi connectivity index (χ0) is 22.5. The number of guanidine groups is 1. The lowest BCUT2D eigenvalue weighted by Gasteiger charge is -2.21. The summed E-state index contributed by atoms with van der Waals surface area (Å²) >= 11 is 0. The molecule has 3 aromatic rings. The fraction of sp³-hybridized carbons (Fsp3) is 0.375. The van der Waals surface area contributed by atoms with E-state index in [9.17, 15) is 4.39 Å². The van der Waals surface area contributed by atoms with Gasteiger partial charge in [-0.2, -0.15) is 0 Å². The van der Waals surface area contributed by atoms with Crippen LogP contribution < -0.4 is 25.0 Å². The fourth-order valence-electron chi connectivity index (χ4n) is 4.15. The maximum Gasteiger partial charge on any atom is 0.191 e. The van der Waals surface area contributed by atoms with E-state index in [4.69, 9.17) is 9.47 Å². The van der Waals surface area contributed by atoms with Crippen LogP contribution in [0.2, 0.25) is 0 Å². The molecule has 32 heavy (non-hydrogen) atoms. The largest absolute Gasteiger partial charge is 0.497 e. The average molecular weight is 440 g/mol. The number of hydrogen-bond donors (Lipinski definition) is 3. The molecule has 1 aliphatic heterocycles. The highest BCUT2D eigenvalue weighted by molar-refractivity contribution is 5.83. The molecule has 170 valence electrons. The van der Waals surface area contributed by atoms with E-state index >= 15 is 0 Å². The van der Waals surface area contributed by atoms with E-state index < -0.39 is 0 Å². The minimum atomic E-state index is -0.219. The molecule has 1 atom stereocenters. The maximum absolute atomic E-state index is 13.6. The molecule has 3 N–H and O–H groups in total. The molecule has 2 aromatic carbocycles. The second-order valence-corrected chi connectivity index (χ2v) is 7.90. The Balaban J connectivity index is 1.31. The van der Waals surface area contributed by atoms with E-state index in [0.29, 0.717) is 6.54 Å². The van der Waals surface area contributed by atoms with Gasteiger partial charge in [-0.3, -0.25) is 4.99 Å². The normalized spacial score (nSPS) is 16.4. The number of rotatable bonds is 7. The van der Waals surface area contributed by atoms with E-state index in [1.807, 2.05) is 24.4 Å². The average Bonchev–Trinajstić information content (AvgIpc) is 3.45. The lowest BCUT2D eigenvalue weighted by atomic mass is 10.1. The maximum atomic E-state index is 13.6. The number of H-pyrrole nitrogens is 1. The second-order valence-electron chi connectivity index (χ2n) is 7.90. The Morgan fingerprint density at radius 1 is 1.19 bits per heavy atom. The van der Waals surface area contributed by atoms with Crippen molar-refractivity contribution in [2.45, 2.75) is 18.9 Å². The van der Waals surface area contributed by atoms with Crippen molar-refractivity contribution in [1.29, 1.82) is 0 Å². The van der Waals surface area contributed by atoms with Crippen molar-refractivity contribution < 1.29 is 13.9 Å². The summed E-state index contributed by atoms with van der Waals surface area (Å²) in [6.45, 7) is 2.50. The van der Waals surface area contributed by atoms with Gasteiger partial charge in [-0.15, -0.1) is 0 Å². The van der Waals surface area contributed by atoms with Gasteiger partial charge in [0, 0.05) is 73.7 Å². The van der Waals surface area contributed by atoms with Crippen LogP contribution in [-0.4, -0.2) is 57.9 Å². The number of nitrogens with zero attached hydrogens (tertiary/aromatic N) is 2. The minimum Gasteiger partial charge on any atom is -0.497 e. The molecule has 4 rings (SSSR count).